The molecule has 1 aliphatic rings. The number of halogens is 3. The van der Waals surface area contributed by atoms with Crippen LogP contribution in [0.3, 0.4) is 0 Å². The first-order valence-electron chi connectivity index (χ1n) is 9.31. The lowest BCUT2D eigenvalue weighted by molar-refractivity contribution is -0.138. The Morgan fingerprint density at radius 1 is 1.10 bits per heavy atom. The Labute approximate surface area is 165 Å². The fourth-order valence-corrected chi connectivity index (χ4v) is 3.92. The van der Waals surface area contributed by atoms with Crippen LogP contribution >= 0.6 is 0 Å². The Kier molecular flexibility index (Phi) is 4.72. The molecule has 0 spiro atoms. The predicted molar refractivity (Wildman–Crippen MR) is 101 cm³/mol. The highest BCUT2D eigenvalue weighted by Crippen LogP contribution is 2.33. The van der Waals surface area contributed by atoms with Crippen molar-refractivity contribution in [3.8, 4) is 5.95 Å². The number of rotatable bonds is 2. The molecule has 0 amide bonds. The molecule has 0 N–H and O–H groups in total. The van der Waals surface area contributed by atoms with Gasteiger partial charge in [0.15, 0.2) is 0 Å². The zero-order chi connectivity index (χ0) is 20.8. The van der Waals surface area contributed by atoms with Gasteiger partial charge in [-0.2, -0.15) is 23.0 Å². The Morgan fingerprint density at radius 3 is 2.48 bits per heavy atom. The van der Waals surface area contributed by atoms with E-state index in [2.05, 4.69) is 47.1 Å². The summed E-state index contributed by atoms with van der Waals surface area (Å²) >= 11 is 0. The smallest absolute Gasteiger partial charge is 0.267 e. The van der Waals surface area contributed by atoms with E-state index in [0.29, 0.717) is 36.7 Å². The van der Waals surface area contributed by atoms with Crippen molar-refractivity contribution in [3.05, 3.63) is 80.5 Å². The van der Waals surface area contributed by atoms with Gasteiger partial charge in [-0.05, 0) is 55.7 Å². The van der Waals surface area contributed by atoms with Gasteiger partial charge < -0.3 is 0 Å². The molecule has 0 radical (unpaired) electrons. The number of nitrogens with zero attached hydrogens (tertiary/aromatic N) is 4. The molecule has 5 nitrogen and oxygen atoms in total. The van der Waals surface area contributed by atoms with Gasteiger partial charge in [-0.25, -0.2) is 9.97 Å². The molecule has 0 aliphatic heterocycles. The molecule has 2 aromatic heterocycles. The number of hydrogen-bond acceptors (Lipinski definition) is 4. The summed E-state index contributed by atoms with van der Waals surface area (Å²) < 4.78 is 39.0. The molecule has 0 fully saturated rings. The first-order chi connectivity index (χ1) is 13.7. The van der Waals surface area contributed by atoms with E-state index in [-0.39, 0.29) is 11.5 Å². The van der Waals surface area contributed by atoms with Crippen LogP contribution in [0.15, 0.2) is 41.6 Å². The highest BCUT2D eigenvalue weighted by Gasteiger charge is 2.31. The zero-order valence-electron chi connectivity index (χ0n) is 16.0. The summed E-state index contributed by atoms with van der Waals surface area (Å²) in [5, 5.41) is 4.12. The highest BCUT2D eigenvalue weighted by molar-refractivity contribution is 5.37. The van der Waals surface area contributed by atoms with Crippen LogP contribution in [0.5, 0.6) is 0 Å². The van der Waals surface area contributed by atoms with Crippen molar-refractivity contribution in [2.75, 3.05) is 0 Å². The van der Waals surface area contributed by atoms with Gasteiger partial charge in [0, 0.05) is 18.0 Å². The van der Waals surface area contributed by atoms with Crippen LogP contribution in [-0.4, -0.2) is 19.7 Å². The molecule has 1 unspecified atom stereocenters. The van der Waals surface area contributed by atoms with Gasteiger partial charge >= 0.3 is 6.18 Å². The van der Waals surface area contributed by atoms with Gasteiger partial charge in [0.05, 0.1) is 11.8 Å². The van der Waals surface area contributed by atoms with Crippen molar-refractivity contribution < 1.29 is 13.2 Å². The van der Waals surface area contributed by atoms with Gasteiger partial charge in [0.2, 0.25) is 0 Å². The maximum Gasteiger partial charge on any atom is 0.419 e. The molecule has 0 bridgehead atoms. The lowest BCUT2D eigenvalue weighted by atomic mass is 9.79. The van der Waals surface area contributed by atoms with Crippen molar-refractivity contribution in [2.45, 2.75) is 45.2 Å². The minimum absolute atomic E-state index is 0.165. The number of benzene rings is 1. The average Bonchev–Trinajstić information content (AvgIpc) is 2.67. The summed E-state index contributed by atoms with van der Waals surface area (Å²) in [4.78, 5) is 20.2. The molecular formula is C21H19F3N4O. The second-order valence-electron chi connectivity index (χ2n) is 7.43. The Morgan fingerprint density at radius 2 is 1.83 bits per heavy atom. The Bertz CT molecular complexity index is 1120. The molecule has 8 heteroatoms. The van der Waals surface area contributed by atoms with Crippen LogP contribution in [0.1, 0.15) is 45.7 Å². The normalized spacial score (nSPS) is 16.5. The summed E-state index contributed by atoms with van der Waals surface area (Å²) in [5.41, 5.74) is 3.88. The number of fused-ring (bicyclic) bond motifs is 1. The maximum absolute atomic E-state index is 12.8. The molecule has 1 aliphatic carbocycles. The monoisotopic (exact) mass is 400 g/mol. The van der Waals surface area contributed by atoms with Crippen LogP contribution in [0.25, 0.3) is 5.95 Å². The predicted octanol–water partition coefficient (Wildman–Crippen LogP) is 3.93. The Balaban J connectivity index is 1.64. The van der Waals surface area contributed by atoms with E-state index in [1.165, 1.54) is 16.7 Å². The first kappa shape index (κ1) is 19.3. The lowest BCUT2D eigenvalue weighted by Gasteiger charge is -2.26. The Hall–Kier alpha value is -3.03. The van der Waals surface area contributed by atoms with Gasteiger partial charge in [-0.3, -0.25) is 4.79 Å². The van der Waals surface area contributed by atoms with Crippen LogP contribution in [0.4, 0.5) is 13.2 Å². The van der Waals surface area contributed by atoms with E-state index in [1.54, 1.807) is 6.20 Å². The molecule has 1 aromatic carbocycles. The van der Waals surface area contributed by atoms with Gasteiger partial charge in [0.1, 0.15) is 0 Å². The molecule has 0 saturated heterocycles. The van der Waals surface area contributed by atoms with Crippen LogP contribution in [-0.2, 0) is 19.0 Å². The third-order valence-corrected chi connectivity index (χ3v) is 5.40. The first-order valence-corrected chi connectivity index (χ1v) is 9.31. The molecule has 4 rings (SSSR count). The summed E-state index contributed by atoms with van der Waals surface area (Å²) in [7, 11) is 0. The van der Waals surface area contributed by atoms with E-state index in [4.69, 9.17) is 0 Å². The number of hydrogen-bond donors (Lipinski definition) is 0. The van der Waals surface area contributed by atoms with Crippen LogP contribution < -0.4 is 5.56 Å². The summed E-state index contributed by atoms with van der Waals surface area (Å²) in [6, 6.07) is 6.39. The molecule has 2 heterocycles. The summed E-state index contributed by atoms with van der Waals surface area (Å²) in [6.07, 6.45) is 0.497. The van der Waals surface area contributed by atoms with E-state index in [9.17, 15) is 18.0 Å². The SMILES string of the molecule is Cc1ccc(C2CCc3c(cnn(-c4ncc(C(F)(F)F)cn4)c3=O)C2)c(C)c1. The minimum atomic E-state index is -4.53. The van der Waals surface area contributed by atoms with Crippen LogP contribution in [0, 0.1) is 13.8 Å². The lowest BCUT2D eigenvalue weighted by Crippen LogP contribution is -2.30. The van der Waals surface area contributed by atoms with Crippen molar-refractivity contribution in [1.82, 2.24) is 19.7 Å². The standard InChI is InChI=1S/C21H19F3N4O/c1-12-3-5-17(13(2)7-12)14-4-6-18-15(8-14)9-27-28(19(18)29)20-25-10-16(11-26-20)21(22,23)24/h3,5,7,9-11,14H,4,6,8H2,1-2H3. The third kappa shape index (κ3) is 3.66. The summed E-state index contributed by atoms with van der Waals surface area (Å²) in [5.74, 6) is 0.143. The van der Waals surface area contributed by atoms with Crippen molar-refractivity contribution >= 4 is 0 Å². The fraction of sp³-hybridized carbons (Fsp3) is 0.333. The molecular weight excluding hydrogens is 381 g/mol. The van der Waals surface area contributed by atoms with E-state index in [1.807, 2.05) is 0 Å². The molecule has 150 valence electrons. The van der Waals surface area contributed by atoms with Crippen molar-refractivity contribution in [2.24, 2.45) is 0 Å². The molecule has 1 atom stereocenters. The van der Waals surface area contributed by atoms with Gasteiger partial charge in [0.25, 0.3) is 11.5 Å². The highest BCUT2D eigenvalue weighted by atomic mass is 19.4. The second-order valence-corrected chi connectivity index (χ2v) is 7.43. The fourth-order valence-electron chi connectivity index (χ4n) is 3.92. The molecule has 29 heavy (non-hydrogen) atoms. The molecule has 0 saturated carbocycles. The van der Waals surface area contributed by atoms with Gasteiger partial charge in [-0.1, -0.05) is 23.8 Å². The number of alkyl halides is 3. The third-order valence-electron chi connectivity index (χ3n) is 5.40. The number of aryl methyl sites for hydroxylation is 2. The van der Waals surface area contributed by atoms with E-state index < -0.39 is 11.7 Å². The van der Waals surface area contributed by atoms with Crippen LogP contribution in [0.2, 0.25) is 0 Å². The van der Waals surface area contributed by atoms with Crippen molar-refractivity contribution in [1.29, 1.82) is 0 Å². The van der Waals surface area contributed by atoms with E-state index >= 15 is 0 Å². The van der Waals surface area contributed by atoms with Crippen molar-refractivity contribution in [3.63, 3.8) is 0 Å². The second kappa shape index (κ2) is 7.09. The topological polar surface area (TPSA) is 60.7 Å². The minimum Gasteiger partial charge on any atom is -0.267 e. The quantitative estimate of drug-likeness (QED) is 0.654. The molecule has 3 aromatic rings. The average molecular weight is 400 g/mol. The van der Waals surface area contributed by atoms with E-state index in [0.717, 1.165) is 16.7 Å². The summed E-state index contributed by atoms with van der Waals surface area (Å²) in [6.45, 7) is 4.15. The number of aromatic nitrogens is 4. The zero-order valence-corrected chi connectivity index (χ0v) is 16.0. The largest absolute Gasteiger partial charge is 0.419 e. The maximum atomic E-state index is 12.8. The van der Waals surface area contributed by atoms with Gasteiger partial charge in [-0.15, -0.1) is 0 Å².